The molecule has 92 valence electrons. The molecule has 0 bridgehead atoms. The van der Waals surface area contributed by atoms with Gasteiger partial charge in [0.15, 0.2) is 0 Å². The molecule has 2 fully saturated rings. The molecule has 0 spiro atoms. The molecular formula is C13H24N2O. The molecule has 2 rings (SSSR count). The normalized spacial score (nSPS) is 32.0. The Morgan fingerprint density at radius 2 is 2.00 bits per heavy atom. The predicted molar refractivity (Wildman–Crippen MR) is 64.9 cm³/mol. The first-order valence-electron chi connectivity index (χ1n) is 6.73. The largest absolute Gasteiger partial charge is 0.323 e. The van der Waals surface area contributed by atoms with Crippen LogP contribution in [-0.4, -0.2) is 29.1 Å². The Morgan fingerprint density at radius 3 is 2.50 bits per heavy atom. The Labute approximate surface area is 98.6 Å². The molecule has 1 heterocycles. The maximum absolute atomic E-state index is 12.3. The molecule has 1 saturated heterocycles. The zero-order valence-corrected chi connectivity index (χ0v) is 10.7. The second-order valence-corrected chi connectivity index (χ2v) is 5.50. The minimum absolute atomic E-state index is 0.0630. The molecule has 2 unspecified atom stereocenters. The molecule has 2 aliphatic rings. The highest BCUT2D eigenvalue weighted by Crippen LogP contribution is 2.30. The van der Waals surface area contributed by atoms with Gasteiger partial charge in [0.25, 0.3) is 0 Å². The highest BCUT2D eigenvalue weighted by molar-refractivity contribution is 5.84. The predicted octanol–water partition coefficient (Wildman–Crippen LogP) is 2.12. The van der Waals surface area contributed by atoms with Gasteiger partial charge >= 0.3 is 0 Å². The van der Waals surface area contributed by atoms with Crippen molar-refractivity contribution in [1.29, 1.82) is 0 Å². The van der Waals surface area contributed by atoms with Gasteiger partial charge < -0.3 is 4.90 Å². The summed E-state index contributed by atoms with van der Waals surface area (Å²) in [5, 5.41) is 3.49. The molecule has 1 N–H and O–H groups in total. The first kappa shape index (κ1) is 11.9. The summed E-state index contributed by atoms with van der Waals surface area (Å²) >= 11 is 0. The van der Waals surface area contributed by atoms with E-state index in [0.717, 1.165) is 6.42 Å². The van der Waals surface area contributed by atoms with Crippen molar-refractivity contribution in [3.63, 3.8) is 0 Å². The van der Waals surface area contributed by atoms with Gasteiger partial charge in [-0.1, -0.05) is 33.6 Å². The van der Waals surface area contributed by atoms with Crippen LogP contribution in [0.3, 0.4) is 0 Å². The molecule has 0 aromatic rings. The van der Waals surface area contributed by atoms with Crippen LogP contribution in [0, 0.1) is 5.92 Å². The topological polar surface area (TPSA) is 32.3 Å². The lowest BCUT2D eigenvalue weighted by Crippen LogP contribution is -2.46. The van der Waals surface area contributed by atoms with Gasteiger partial charge in [0.05, 0.1) is 12.2 Å². The smallest absolute Gasteiger partial charge is 0.241 e. The van der Waals surface area contributed by atoms with Crippen LogP contribution in [0.5, 0.6) is 0 Å². The average Bonchev–Trinajstić information content (AvgIpc) is 2.84. The first-order chi connectivity index (χ1) is 7.65. The van der Waals surface area contributed by atoms with E-state index in [0.29, 0.717) is 17.9 Å². The first-order valence-corrected chi connectivity index (χ1v) is 6.73. The Bertz CT molecular complexity index is 259. The Kier molecular flexibility index (Phi) is 3.53. The number of hydrogen-bond donors (Lipinski definition) is 1. The zero-order valence-electron chi connectivity index (χ0n) is 10.7. The molecule has 0 radical (unpaired) electrons. The van der Waals surface area contributed by atoms with Gasteiger partial charge in [-0.05, 0) is 25.2 Å². The number of nitrogens with one attached hydrogen (secondary N) is 1. The SMILES string of the molecule is CCC1NC(C(C)C)N(C2CCCC2)C1=O. The van der Waals surface area contributed by atoms with Crippen LogP contribution in [0.15, 0.2) is 0 Å². The summed E-state index contributed by atoms with van der Waals surface area (Å²) in [6.45, 7) is 6.49. The Hall–Kier alpha value is -0.570. The molecule has 0 aromatic heterocycles. The van der Waals surface area contributed by atoms with E-state index in [2.05, 4.69) is 31.0 Å². The van der Waals surface area contributed by atoms with Gasteiger partial charge in [0.2, 0.25) is 5.91 Å². The van der Waals surface area contributed by atoms with Crippen LogP contribution in [0.2, 0.25) is 0 Å². The summed E-state index contributed by atoms with van der Waals surface area (Å²) in [7, 11) is 0. The fourth-order valence-electron chi connectivity index (χ4n) is 3.07. The van der Waals surface area contributed by atoms with Crippen LogP contribution in [0.4, 0.5) is 0 Å². The lowest BCUT2D eigenvalue weighted by atomic mass is 10.1. The van der Waals surface area contributed by atoms with Crippen LogP contribution < -0.4 is 5.32 Å². The second kappa shape index (κ2) is 4.74. The van der Waals surface area contributed by atoms with E-state index in [-0.39, 0.29) is 12.2 Å². The number of hydrogen-bond acceptors (Lipinski definition) is 2. The van der Waals surface area contributed by atoms with Crippen molar-refractivity contribution >= 4 is 5.91 Å². The molecule has 1 amide bonds. The van der Waals surface area contributed by atoms with E-state index in [1.165, 1.54) is 25.7 Å². The molecule has 1 aliphatic heterocycles. The van der Waals surface area contributed by atoms with E-state index in [1.54, 1.807) is 0 Å². The summed E-state index contributed by atoms with van der Waals surface area (Å²) in [6.07, 6.45) is 6.15. The lowest BCUT2D eigenvalue weighted by molar-refractivity contribution is -0.132. The average molecular weight is 224 g/mol. The standard InChI is InChI=1S/C13H24N2O/c1-4-11-13(16)15(10-7-5-6-8-10)12(14-11)9(2)3/h9-12,14H,4-8H2,1-3H3. The van der Waals surface area contributed by atoms with Gasteiger partial charge in [0.1, 0.15) is 0 Å². The van der Waals surface area contributed by atoms with Crippen LogP contribution in [-0.2, 0) is 4.79 Å². The summed E-state index contributed by atoms with van der Waals surface area (Å²) in [6, 6.07) is 0.567. The van der Waals surface area contributed by atoms with E-state index in [4.69, 9.17) is 0 Å². The number of nitrogens with zero attached hydrogens (tertiary/aromatic N) is 1. The van der Waals surface area contributed by atoms with Crippen LogP contribution in [0.1, 0.15) is 52.9 Å². The third-order valence-corrected chi connectivity index (χ3v) is 3.98. The van der Waals surface area contributed by atoms with Crippen molar-refractivity contribution in [3.8, 4) is 0 Å². The highest BCUT2D eigenvalue weighted by Gasteiger charge is 2.43. The quantitative estimate of drug-likeness (QED) is 0.796. The second-order valence-electron chi connectivity index (χ2n) is 5.50. The molecule has 2 atom stereocenters. The van der Waals surface area contributed by atoms with Gasteiger partial charge in [-0.25, -0.2) is 0 Å². The zero-order chi connectivity index (χ0) is 11.7. The van der Waals surface area contributed by atoms with E-state index in [9.17, 15) is 4.79 Å². The van der Waals surface area contributed by atoms with Gasteiger partial charge in [-0.2, -0.15) is 0 Å². The van der Waals surface area contributed by atoms with Crippen molar-refractivity contribution < 1.29 is 4.79 Å². The molecule has 3 heteroatoms. The molecule has 1 saturated carbocycles. The fraction of sp³-hybridized carbons (Fsp3) is 0.923. The highest BCUT2D eigenvalue weighted by atomic mass is 16.2. The monoisotopic (exact) mass is 224 g/mol. The van der Waals surface area contributed by atoms with Gasteiger partial charge in [-0.15, -0.1) is 0 Å². The third-order valence-electron chi connectivity index (χ3n) is 3.98. The van der Waals surface area contributed by atoms with E-state index in [1.807, 2.05) is 0 Å². The van der Waals surface area contributed by atoms with E-state index >= 15 is 0 Å². The number of carbonyl (C=O) groups excluding carboxylic acids is 1. The van der Waals surface area contributed by atoms with Crippen molar-refractivity contribution in [2.45, 2.75) is 71.1 Å². The Balaban J connectivity index is 2.14. The lowest BCUT2D eigenvalue weighted by Gasteiger charge is -2.32. The number of amides is 1. The van der Waals surface area contributed by atoms with Crippen LogP contribution in [0.25, 0.3) is 0 Å². The van der Waals surface area contributed by atoms with E-state index < -0.39 is 0 Å². The summed E-state index contributed by atoms with van der Waals surface area (Å²) in [4.78, 5) is 14.5. The Morgan fingerprint density at radius 1 is 1.38 bits per heavy atom. The summed E-state index contributed by atoms with van der Waals surface area (Å²) < 4.78 is 0. The third kappa shape index (κ3) is 1.97. The minimum Gasteiger partial charge on any atom is -0.323 e. The van der Waals surface area contributed by atoms with Crippen molar-refractivity contribution in [2.75, 3.05) is 0 Å². The maximum atomic E-state index is 12.3. The van der Waals surface area contributed by atoms with Crippen LogP contribution >= 0.6 is 0 Å². The number of rotatable bonds is 3. The molecular weight excluding hydrogens is 200 g/mol. The van der Waals surface area contributed by atoms with Crippen molar-refractivity contribution in [3.05, 3.63) is 0 Å². The van der Waals surface area contributed by atoms with Gasteiger partial charge in [-0.3, -0.25) is 10.1 Å². The summed E-state index contributed by atoms with van der Waals surface area (Å²) in [5.41, 5.74) is 0. The minimum atomic E-state index is 0.0630. The maximum Gasteiger partial charge on any atom is 0.241 e. The van der Waals surface area contributed by atoms with Crippen molar-refractivity contribution in [1.82, 2.24) is 10.2 Å². The number of carbonyl (C=O) groups is 1. The van der Waals surface area contributed by atoms with Gasteiger partial charge in [0, 0.05) is 6.04 Å². The molecule has 16 heavy (non-hydrogen) atoms. The fourth-order valence-corrected chi connectivity index (χ4v) is 3.07. The summed E-state index contributed by atoms with van der Waals surface area (Å²) in [5.74, 6) is 0.842. The van der Waals surface area contributed by atoms with Crippen molar-refractivity contribution in [2.24, 2.45) is 5.92 Å². The molecule has 0 aromatic carbocycles. The molecule has 3 nitrogen and oxygen atoms in total. The molecule has 1 aliphatic carbocycles.